The molecule has 0 radical (unpaired) electrons. The van der Waals surface area contributed by atoms with Gasteiger partial charge in [0, 0.05) is 6.42 Å². The molecule has 0 saturated heterocycles. The number of benzene rings is 2. The molecule has 0 aliphatic heterocycles. The summed E-state index contributed by atoms with van der Waals surface area (Å²) in [5.74, 6) is 9.92. The molecular weight excluding hydrogens is 653 g/mol. The van der Waals surface area contributed by atoms with Gasteiger partial charge in [0.1, 0.15) is 0 Å². The van der Waals surface area contributed by atoms with Crippen molar-refractivity contribution in [3.63, 3.8) is 0 Å². The minimum atomic E-state index is 0.737. The van der Waals surface area contributed by atoms with Gasteiger partial charge in [0.2, 0.25) is 0 Å². The lowest BCUT2D eigenvalue weighted by atomic mass is 9.85. The summed E-state index contributed by atoms with van der Waals surface area (Å²) in [6, 6.07) is 18.4. The van der Waals surface area contributed by atoms with Crippen molar-refractivity contribution in [2.75, 3.05) is 0 Å². The maximum atomic E-state index is 9.86. The minimum Gasteiger partial charge on any atom is -0.348 e. The zero-order valence-electron chi connectivity index (χ0n) is 35.7. The second-order valence-electron chi connectivity index (χ2n) is 15.9. The second kappa shape index (κ2) is 33.3. The van der Waals surface area contributed by atoms with E-state index in [1.165, 1.54) is 169 Å². The first-order chi connectivity index (χ1) is 26.7. The molecule has 0 fully saturated rings. The lowest BCUT2D eigenvalue weighted by Gasteiger charge is -2.17. The van der Waals surface area contributed by atoms with E-state index < -0.39 is 0 Å². The van der Waals surface area contributed by atoms with Crippen LogP contribution in [0, 0.1) is 11.8 Å². The van der Waals surface area contributed by atoms with Crippen molar-refractivity contribution in [1.29, 1.82) is 0 Å². The molecule has 2 aromatic rings. The Balaban J connectivity index is 2.17. The summed E-state index contributed by atoms with van der Waals surface area (Å²) < 4.78 is 0. The summed E-state index contributed by atoms with van der Waals surface area (Å²) >= 11 is 0. The Morgan fingerprint density at radius 2 is 1.00 bits per heavy atom. The molecule has 0 N–H and O–H groups in total. The van der Waals surface area contributed by atoms with E-state index in [0.717, 1.165) is 62.5 Å². The van der Waals surface area contributed by atoms with Crippen LogP contribution in [0.1, 0.15) is 230 Å². The summed E-state index contributed by atoms with van der Waals surface area (Å²) in [6.45, 7) is 9.09. The lowest BCUT2D eigenvalue weighted by molar-refractivity contribution is 0.00770. The molecule has 2 rings (SSSR count). The van der Waals surface area contributed by atoms with E-state index in [1.54, 1.807) is 0 Å². The molecule has 0 heterocycles. The summed E-state index contributed by atoms with van der Waals surface area (Å²) in [6.07, 6.45) is 38.1. The van der Waals surface area contributed by atoms with Crippen LogP contribution in [-0.2, 0) is 12.8 Å². The predicted octanol–water partition coefficient (Wildman–Crippen LogP) is 16.4. The summed E-state index contributed by atoms with van der Waals surface area (Å²) in [5.41, 5.74) is 18.2. The third-order valence-electron chi connectivity index (χ3n) is 11.0. The average Bonchev–Trinajstić information content (AvgIpc) is 3.19. The highest BCUT2D eigenvalue weighted by molar-refractivity contribution is 5.89. The van der Waals surface area contributed by atoms with E-state index in [2.05, 4.69) is 98.7 Å². The molecule has 54 heavy (non-hydrogen) atoms. The summed E-state index contributed by atoms with van der Waals surface area (Å²) in [7, 11) is 0. The number of hydrogen-bond donors (Lipinski definition) is 0. The number of unbranched alkanes of at least 4 members (excludes halogenated alkanes) is 23. The molecule has 0 bridgehead atoms. The Morgan fingerprint density at radius 1 is 0.500 bits per heavy atom. The highest BCUT2D eigenvalue weighted by Gasteiger charge is 2.18. The van der Waals surface area contributed by atoms with Crippen LogP contribution in [0.4, 0.5) is 0 Å². The number of hydrogen-bond acceptors (Lipinski definition) is 0. The van der Waals surface area contributed by atoms with Crippen LogP contribution in [-0.4, -0.2) is 10.7 Å². The van der Waals surface area contributed by atoms with Gasteiger partial charge in [-0.05, 0) is 78.3 Å². The molecule has 0 aliphatic rings. The van der Waals surface area contributed by atoms with Crippen molar-refractivity contribution < 1.29 is 4.79 Å². The van der Waals surface area contributed by atoms with Gasteiger partial charge in [-0.2, -0.15) is 0 Å². The molecule has 0 atom stereocenters. The Labute approximate surface area is 334 Å². The molecule has 0 amide bonds. The topological polar surface area (TPSA) is 36.4 Å². The van der Waals surface area contributed by atoms with Crippen molar-refractivity contribution in [3.05, 3.63) is 87.5 Å². The molecular formula is C52H80N2. The maximum Gasteiger partial charge on any atom is 0.317 e. The van der Waals surface area contributed by atoms with Crippen molar-refractivity contribution in [1.82, 2.24) is 0 Å². The van der Waals surface area contributed by atoms with Crippen molar-refractivity contribution in [3.8, 4) is 11.8 Å². The van der Waals surface area contributed by atoms with E-state index in [4.69, 9.17) is 0 Å². The first-order valence-corrected chi connectivity index (χ1v) is 23.1. The Bertz CT molecular complexity index is 1400. The Kier molecular flexibility index (Phi) is 29.0. The van der Waals surface area contributed by atoms with Gasteiger partial charge in [-0.1, -0.05) is 229 Å². The molecule has 2 nitrogen and oxygen atoms in total. The van der Waals surface area contributed by atoms with E-state index in [-0.39, 0.29) is 0 Å². The zero-order valence-corrected chi connectivity index (χ0v) is 35.7. The molecule has 298 valence electrons. The largest absolute Gasteiger partial charge is 0.348 e. The van der Waals surface area contributed by atoms with E-state index in [0.29, 0.717) is 0 Å². The van der Waals surface area contributed by atoms with Gasteiger partial charge in [0.25, 0.3) is 0 Å². The van der Waals surface area contributed by atoms with Gasteiger partial charge >= 0.3 is 5.87 Å². The zero-order chi connectivity index (χ0) is 38.7. The monoisotopic (exact) mass is 733 g/mol. The Morgan fingerprint density at radius 3 is 1.56 bits per heavy atom. The third-order valence-corrected chi connectivity index (χ3v) is 11.0. The summed E-state index contributed by atoms with van der Waals surface area (Å²) in [5, 5.41) is 0. The van der Waals surface area contributed by atoms with Crippen LogP contribution < -0.4 is 0 Å². The molecule has 2 heteroatoms. The average molecular weight is 733 g/mol. The maximum absolute atomic E-state index is 9.86. The first-order valence-electron chi connectivity index (χ1n) is 23.1. The quantitative estimate of drug-likeness (QED) is 0.0179. The van der Waals surface area contributed by atoms with Crippen LogP contribution in [0.5, 0.6) is 0 Å². The van der Waals surface area contributed by atoms with Crippen LogP contribution >= 0.6 is 0 Å². The molecule has 0 unspecified atom stereocenters. The fourth-order valence-corrected chi connectivity index (χ4v) is 7.61. The standard InChI is InChI=1S/C52H80N2/c1-5-9-13-15-17-18-19-20-21-22-23-24-25-26-27-29-32-37-50(45-54-53)51(39-30-11-7-3)52(48-42-40-46(41-43-48)34-12-8-4)49-38-33-36-47(44-49)35-31-28-16-14-10-6-2/h33,36,38,40-44H,5-31,34-35,39H2,1-4H3. The van der Waals surface area contributed by atoms with E-state index in [9.17, 15) is 5.53 Å². The van der Waals surface area contributed by atoms with Crippen molar-refractivity contribution >= 4 is 11.4 Å². The fourth-order valence-electron chi connectivity index (χ4n) is 7.61. The fraction of sp³-hybridized carbons (Fsp3) is 0.654. The van der Waals surface area contributed by atoms with Gasteiger partial charge in [0.05, 0.1) is 0 Å². The number of allylic oxidation sites excluding steroid dienone is 2. The predicted molar refractivity (Wildman–Crippen MR) is 238 cm³/mol. The van der Waals surface area contributed by atoms with Gasteiger partial charge in [-0.3, -0.25) is 0 Å². The van der Waals surface area contributed by atoms with Gasteiger partial charge < -0.3 is 5.53 Å². The molecule has 0 aromatic heterocycles. The van der Waals surface area contributed by atoms with Gasteiger partial charge in [0.15, 0.2) is 5.57 Å². The van der Waals surface area contributed by atoms with Crippen LogP contribution in [0.3, 0.4) is 0 Å². The number of nitrogens with zero attached hydrogens (tertiary/aromatic N) is 2. The third kappa shape index (κ3) is 21.7. The normalized spacial score (nSPS) is 11.4. The van der Waals surface area contributed by atoms with E-state index >= 15 is 0 Å². The number of aryl methyl sites for hydroxylation is 2. The molecule has 0 spiro atoms. The molecule has 0 aliphatic carbocycles. The second-order valence-corrected chi connectivity index (χ2v) is 15.9. The Hall–Kier alpha value is -3.10. The number of rotatable bonds is 32. The van der Waals surface area contributed by atoms with E-state index in [1.807, 2.05) is 0 Å². The smallest absolute Gasteiger partial charge is 0.317 e. The highest BCUT2D eigenvalue weighted by atomic mass is 14.8. The molecule has 2 aromatic carbocycles. The van der Waals surface area contributed by atoms with Gasteiger partial charge in [-0.15, -0.1) is 4.79 Å². The van der Waals surface area contributed by atoms with Crippen molar-refractivity contribution in [2.45, 2.75) is 220 Å². The highest BCUT2D eigenvalue weighted by Crippen LogP contribution is 2.34. The van der Waals surface area contributed by atoms with Crippen LogP contribution in [0.2, 0.25) is 0 Å². The molecule has 0 saturated carbocycles. The first kappa shape index (κ1) is 47.1. The SMILES string of the molecule is CCCCCCCCCCCCCCCCCC#CC(=C=[N+]=[N-])C(CCCCC)=C(c1ccc(CCCC)cc1)c1cccc(CCCCCCCC)c1. The van der Waals surface area contributed by atoms with Crippen LogP contribution in [0.25, 0.3) is 11.1 Å². The van der Waals surface area contributed by atoms with Crippen molar-refractivity contribution in [2.24, 2.45) is 0 Å². The van der Waals surface area contributed by atoms with Crippen LogP contribution in [0.15, 0.2) is 59.7 Å². The lowest BCUT2D eigenvalue weighted by Crippen LogP contribution is -2.01. The minimum absolute atomic E-state index is 0.737. The summed E-state index contributed by atoms with van der Waals surface area (Å²) in [4.78, 5) is 3.46. The van der Waals surface area contributed by atoms with Gasteiger partial charge in [-0.25, -0.2) is 0 Å².